The first-order valence-corrected chi connectivity index (χ1v) is 4.70. The Morgan fingerprint density at radius 3 is 3.08 bits per heavy atom. The zero-order valence-corrected chi connectivity index (χ0v) is 7.71. The molecule has 1 fully saturated rings. The fourth-order valence-corrected chi connectivity index (χ4v) is 1.73. The van der Waals surface area contributed by atoms with E-state index in [4.69, 9.17) is 4.74 Å². The third kappa shape index (κ3) is 1.46. The summed E-state index contributed by atoms with van der Waals surface area (Å²) in [5.74, 6) is 1.62. The highest BCUT2D eigenvalue weighted by Crippen LogP contribution is 2.19. The van der Waals surface area contributed by atoms with Crippen molar-refractivity contribution in [3.63, 3.8) is 0 Å². The lowest BCUT2D eigenvalue weighted by molar-refractivity contribution is 0.217. The smallest absolute Gasteiger partial charge is 0.184 e. The Bertz CT molecular complexity index is 201. The van der Waals surface area contributed by atoms with Crippen LogP contribution in [0.25, 0.3) is 0 Å². The van der Waals surface area contributed by atoms with Gasteiger partial charge in [0, 0.05) is 19.5 Å². The minimum atomic E-state index is 0.332. The van der Waals surface area contributed by atoms with Crippen LogP contribution in [0.4, 0.5) is 0 Å². The summed E-state index contributed by atoms with van der Waals surface area (Å²) < 4.78 is 5.68. The molecule has 1 N–H and O–H groups in total. The summed E-state index contributed by atoms with van der Waals surface area (Å²) in [5.41, 5.74) is 0. The van der Waals surface area contributed by atoms with Gasteiger partial charge in [0.05, 0.1) is 0 Å². The van der Waals surface area contributed by atoms with E-state index >= 15 is 0 Å². The van der Waals surface area contributed by atoms with Crippen LogP contribution < -0.4 is 5.32 Å². The highest BCUT2D eigenvalue weighted by atomic mass is 16.5. The summed E-state index contributed by atoms with van der Waals surface area (Å²) in [6.07, 6.45) is 1.33. The molecule has 1 saturated heterocycles. The molecule has 2 atom stereocenters. The second-order valence-corrected chi connectivity index (χ2v) is 4.00. The van der Waals surface area contributed by atoms with Gasteiger partial charge in [-0.1, -0.05) is 13.8 Å². The summed E-state index contributed by atoms with van der Waals surface area (Å²) in [6.45, 7) is 6.35. The summed E-state index contributed by atoms with van der Waals surface area (Å²) in [7, 11) is 0. The Balaban J connectivity index is 1.94. The first-order chi connectivity index (χ1) is 5.75. The van der Waals surface area contributed by atoms with Crippen LogP contribution in [0.1, 0.15) is 20.3 Å². The van der Waals surface area contributed by atoms with Gasteiger partial charge in [-0.05, 0) is 5.92 Å². The van der Waals surface area contributed by atoms with Gasteiger partial charge in [0.1, 0.15) is 12.1 Å². The summed E-state index contributed by atoms with van der Waals surface area (Å²) in [4.78, 5) is 4.52. The number of hydrogen-bond donors (Lipinski definition) is 1. The number of nitrogens with zero attached hydrogens (tertiary/aromatic N) is 1. The lowest BCUT2D eigenvalue weighted by atomic mass is 10.1. The van der Waals surface area contributed by atoms with Crippen LogP contribution in [0.15, 0.2) is 4.99 Å². The monoisotopic (exact) mass is 168 g/mol. The van der Waals surface area contributed by atoms with Crippen LogP contribution in [0, 0.1) is 5.92 Å². The van der Waals surface area contributed by atoms with Gasteiger partial charge in [-0.2, -0.15) is 0 Å². The minimum absolute atomic E-state index is 0.332. The maximum atomic E-state index is 5.68. The molecule has 0 radical (unpaired) electrons. The van der Waals surface area contributed by atoms with Crippen LogP contribution >= 0.6 is 0 Å². The maximum Gasteiger partial charge on any atom is 0.184 e. The lowest BCUT2D eigenvalue weighted by Crippen LogP contribution is -2.20. The molecule has 68 valence electrons. The Morgan fingerprint density at radius 2 is 2.42 bits per heavy atom. The first kappa shape index (κ1) is 8.05. The zero-order chi connectivity index (χ0) is 8.55. The molecule has 0 aromatic heterocycles. The summed E-state index contributed by atoms with van der Waals surface area (Å²) >= 11 is 0. The molecule has 0 bridgehead atoms. The number of ether oxygens (including phenoxy) is 1. The van der Waals surface area contributed by atoms with Crippen molar-refractivity contribution in [1.29, 1.82) is 0 Å². The Morgan fingerprint density at radius 1 is 1.58 bits per heavy atom. The quantitative estimate of drug-likeness (QED) is 0.661. The average molecular weight is 168 g/mol. The molecule has 0 aromatic rings. The third-order valence-corrected chi connectivity index (χ3v) is 2.31. The molecular formula is C9H16N2O. The molecule has 0 amide bonds. The minimum Gasteiger partial charge on any atom is -0.474 e. The summed E-state index contributed by atoms with van der Waals surface area (Å²) in [5, 5.41) is 3.27. The van der Waals surface area contributed by atoms with Crippen molar-refractivity contribution in [1.82, 2.24) is 5.32 Å². The van der Waals surface area contributed by atoms with Gasteiger partial charge in [0.25, 0.3) is 0 Å². The van der Waals surface area contributed by atoms with E-state index in [2.05, 4.69) is 24.2 Å². The van der Waals surface area contributed by atoms with Gasteiger partial charge in [0.15, 0.2) is 5.90 Å². The highest BCUT2D eigenvalue weighted by Gasteiger charge is 2.34. The summed E-state index contributed by atoms with van der Waals surface area (Å²) in [6, 6.07) is 0.402. The Kier molecular flexibility index (Phi) is 2.05. The van der Waals surface area contributed by atoms with E-state index in [0.717, 1.165) is 25.4 Å². The number of aliphatic imine (C=N–C) groups is 1. The van der Waals surface area contributed by atoms with Crippen molar-refractivity contribution in [2.24, 2.45) is 10.9 Å². The lowest BCUT2D eigenvalue weighted by Gasteiger charge is -2.08. The van der Waals surface area contributed by atoms with Gasteiger partial charge in [-0.25, -0.2) is 4.99 Å². The average Bonchev–Trinajstić information content (AvgIpc) is 2.43. The van der Waals surface area contributed by atoms with Gasteiger partial charge < -0.3 is 10.1 Å². The molecule has 0 aliphatic carbocycles. The van der Waals surface area contributed by atoms with Crippen molar-refractivity contribution in [2.75, 3.05) is 13.1 Å². The van der Waals surface area contributed by atoms with Crippen LogP contribution in [0.2, 0.25) is 0 Å². The van der Waals surface area contributed by atoms with E-state index in [1.807, 2.05) is 0 Å². The van der Waals surface area contributed by atoms with Crippen molar-refractivity contribution in [3.05, 3.63) is 0 Å². The van der Waals surface area contributed by atoms with Crippen molar-refractivity contribution in [2.45, 2.75) is 32.4 Å². The molecule has 2 rings (SSSR count). The Labute approximate surface area is 73.2 Å². The number of fused-ring (bicyclic) bond motifs is 1. The van der Waals surface area contributed by atoms with Crippen LogP contribution in [-0.4, -0.2) is 31.1 Å². The fourth-order valence-electron chi connectivity index (χ4n) is 1.73. The zero-order valence-electron chi connectivity index (χ0n) is 7.71. The molecule has 2 unspecified atom stereocenters. The van der Waals surface area contributed by atoms with Crippen LogP contribution in [0.3, 0.4) is 0 Å². The largest absolute Gasteiger partial charge is 0.474 e. The van der Waals surface area contributed by atoms with Crippen LogP contribution in [-0.2, 0) is 4.74 Å². The predicted molar refractivity (Wildman–Crippen MR) is 48.4 cm³/mol. The number of hydrogen-bond acceptors (Lipinski definition) is 3. The van der Waals surface area contributed by atoms with E-state index in [9.17, 15) is 0 Å². The SMILES string of the molecule is CC(C)CC1=NC2CNCC2O1. The maximum absolute atomic E-state index is 5.68. The normalized spacial score (nSPS) is 33.4. The molecule has 2 heterocycles. The fraction of sp³-hybridized carbons (Fsp3) is 0.889. The molecule has 3 heteroatoms. The van der Waals surface area contributed by atoms with E-state index < -0.39 is 0 Å². The Hall–Kier alpha value is -0.570. The van der Waals surface area contributed by atoms with Gasteiger partial charge >= 0.3 is 0 Å². The predicted octanol–water partition coefficient (Wildman–Crippen LogP) is 0.802. The van der Waals surface area contributed by atoms with Crippen molar-refractivity contribution in [3.8, 4) is 0 Å². The molecule has 2 aliphatic rings. The van der Waals surface area contributed by atoms with E-state index in [-0.39, 0.29) is 0 Å². The highest BCUT2D eigenvalue weighted by molar-refractivity contribution is 5.78. The number of rotatable bonds is 2. The van der Waals surface area contributed by atoms with E-state index in [1.165, 1.54) is 0 Å². The van der Waals surface area contributed by atoms with E-state index in [1.54, 1.807) is 0 Å². The number of nitrogens with one attached hydrogen (secondary N) is 1. The second-order valence-electron chi connectivity index (χ2n) is 4.00. The molecule has 0 aromatic carbocycles. The van der Waals surface area contributed by atoms with Gasteiger partial charge in [-0.3, -0.25) is 0 Å². The van der Waals surface area contributed by atoms with Gasteiger partial charge in [0.2, 0.25) is 0 Å². The van der Waals surface area contributed by atoms with Gasteiger partial charge in [-0.15, -0.1) is 0 Å². The third-order valence-electron chi connectivity index (χ3n) is 2.31. The molecule has 0 saturated carbocycles. The van der Waals surface area contributed by atoms with Crippen LogP contribution in [0.5, 0.6) is 0 Å². The molecule has 12 heavy (non-hydrogen) atoms. The van der Waals surface area contributed by atoms with Crippen molar-refractivity contribution < 1.29 is 4.74 Å². The standard InChI is InChI=1S/C9H16N2O/c1-6(2)3-9-11-7-4-10-5-8(7)12-9/h6-8,10H,3-5H2,1-2H3. The van der Waals surface area contributed by atoms with Crippen molar-refractivity contribution >= 4 is 5.90 Å². The molecule has 2 aliphatic heterocycles. The topological polar surface area (TPSA) is 33.6 Å². The van der Waals surface area contributed by atoms with E-state index in [0.29, 0.717) is 18.1 Å². The first-order valence-electron chi connectivity index (χ1n) is 4.70. The molecule has 3 nitrogen and oxygen atoms in total. The molecular weight excluding hydrogens is 152 g/mol. The molecule has 0 spiro atoms. The second kappa shape index (κ2) is 3.05.